The number of aryl methyl sites for hydroxylation is 2. The molecule has 5 heteroatoms. The van der Waals surface area contributed by atoms with Crippen LogP contribution in [-0.4, -0.2) is 18.3 Å². The quantitative estimate of drug-likeness (QED) is 0.357. The first-order valence-corrected chi connectivity index (χ1v) is 12.6. The van der Waals surface area contributed by atoms with Gasteiger partial charge in [-0.3, -0.25) is 0 Å². The zero-order valence-corrected chi connectivity index (χ0v) is 20.3. The molecule has 0 aromatic heterocycles. The summed E-state index contributed by atoms with van der Waals surface area (Å²) in [6.07, 6.45) is 2.08. The van der Waals surface area contributed by atoms with Crippen molar-refractivity contribution in [1.29, 1.82) is 0 Å². The molecule has 5 rings (SSSR count). The van der Waals surface area contributed by atoms with Crippen molar-refractivity contribution in [3.63, 3.8) is 0 Å². The number of carbonyl (C=O) groups is 1. The first-order chi connectivity index (χ1) is 16.4. The lowest BCUT2D eigenvalue weighted by atomic mass is 9.96. The van der Waals surface area contributed by atoms with Crippen LogP contribution in [0.1, 0.15) is 50.8 Å². The van der Waals surface area contributed by atoms with Crippen molar-refractivity contribution in [2.45, 2.75) is 37.5 Å². The molecule has 174 valence electrons. The Morgan fingerprint density at radius 2 is 1.79 bits per heavy atom. The molecule has 34 heavy (non-hydrogen) atoms. The number of esters is 1. The zero-order chi connectivity index (χ0) is 23.9. The summed E-state index contributed by atoms with van der Waals surface area (Å²) in [7, 11) is 0. The predicted octanol–water partition coefficient (Wildman–Crippen LogP) is 7.10. The Hall–Kier alpha value is -3.05. The second-order valence-corrected chi connectivity index (χ2v) is 10.4. The highest BCUT2D eigenvalue weighted by Crippen LogP contribution is 2.49. The highest BCUT2D eigenvalue weighted by atomic mass is 32.2. The molecule has 2 fully saturated rings. The zero-order valence-electron chi connectivity index (χ0n) is 19.5. The predicted molar refractivity (Wildman–Crippen MR) is 137 cm³/mol. The van der Waals surface area contributed by atoms with E-state index in [1.807, 2.05) is 37.3 Å². The maximum Gasteiger partial charge on any atom is 0.338 e. The van der Waals surface area contributed by atoms with E-state index in [0.717, 1.165) is 41.1 Å². The van der Waals surface area contributed by atoms with E-state index in [0.29, 0.717) is 12.2 Å². The van der Waals surface area contributed by atoms with Crippen LogP contribution in [0.2, 0.25) is 0 Å². The molecule has 1 aliphatic heterocycles. The van der Waals surface area contributed by atoms with Gasteiger partial charge >= 0.3 is 5.97 Å². The first-order valence-electron chi connectivity index (χ1n) is 11.6. The van der Waals surface area contributed by atoms with Crippen LogP contribution in [0, 0.1) is 19.7 Å². The minimum absolute atomic E-state index is 0.0221. The van der Waals surface area contributed by atoms with Crippen molar-refractivity contribution in [2.75, 3.05) is 17.3 Å². The van der Waals surface area contributed by atoms with Crippen LogP contribution < -0.4 is 4.90 Å². The van der Waals surface area contributed by atoms with Crippen molar-refractivity contribution in [1.82, 2.24) is 0 Å². The largest absolute Gasteiger partial charge is 0.461 e. The Kier molecular flexibility index (Phi) is 5.98. The smallest absolute Gasteiger partial charge is 0.338 e. The highest BCUT2D eigenvalue weighted by molar-refractivity contribution is 8.00. The van der Waals surface area contributed by atoms with Crippen molar-refractivity contribution in [3.05, 3.63) is 113 Å². The van der Waals surface area contributed by atoms with Crippen molar-refractivity contribution < 1.29 is 13.9 Å². The van der Waals surface area contributed by atoms with Crippen LogP contribution in [0.15, 0.2) is 79.0 Å². The van der Waals surface area contributed by atoms with E-state index in [2.05, 4.69) is 42.7 Å². The van der Waals surface area contributed by atoms with Crippen molar-refractivity contribution in [3.8, 4) is 0 Å². The Labute approximate surface area is 204 Å². The summed E-state index contributed by atoms with van der Waals surface area (Å²) in [5.41, 5.74) is 6.99. The fraction of sp³-hybridized carbons (Fsp3) is 0.276. The fourth-order valence-corrected chi connectivity index (χ4v) is 5.82. The summed E-state index contributed by atoms with van der Waals surface area (Å²) in [6.45, 7) is 8.72. The number of nitrogens with zero attached hydrogens (tertiary/aromatic N) is 1. The Morgan fingerprint density at radius 1 is 1.09 bits per heavy atom. The van der Waals surface area contributed by atoms with Gasteiger partial charge in [-0.15, -0.1) is 11.8 Å². The third kappa shape index (κ3) is 4.37. The molecule has 1 atom stereocenters. The number of thioether (sulfide) groups is 1. The van der Waals surface area contributed by atoms with Gasteiger partial charge in [0.1, 0.15) is 17.8 Å². The molecule has 1 unspecified atom stereocenters. The van der Waals surface area contributed by atoms with E-state index in [1.54, 1.807) is 11.8 Å². The van der Waals surface area contributed by atoms with Gasteiger partial charge in [-0.2, -0.15) is 0 Å². The van der Waals surface area contributed by atoms with E-state index >= 15 is 0 Å². The van der Waals surface area contributed by atoms with Crippen LogP contribution in [0.25, 0.3) is 0 Å². The fourth-order valence-electron chi connectivity index (χ4n) is 4.57. The van der Waals surface area contributed by atoms with Crippen molar-refractivity contribution in [2.24, 2.45) is 0 Å². The standard InChI is InChI=1S/C29H28FNO2S/c1-19-4-9-24(10-5-19)29(14-15-29)18-33-28(32)23-8-13-26(20(2)16-23)31-21(3)17-34-27(31)22-6-11-25(30)12-7-22/h4-13,16,27H,3,14-15,17-18H2,1-2H3. The number of anilines is 1. The van der Waals surface area contributed by atoms with Crippen LogP contribution in [0.4, 0.5) is 10.1 Å². The summed E-state index contributed by atoms with van der Waals surface area (Å²) in [4.78, 5) is 15.1. The van der Waals surface area contributed by atoms with E-state index in [-0.39, 0.29) is 22.6 Å². The van der Waals surface area contributed by atoms with Gasteiger partial charge in [-0.05, 0) is 73.7 Å². The molecule has 0 amide bonds. The average molecular weight is 474 g/mol. The molecular weight excluding hydrogens is 445 g/mol. The number of hydrogen-bond donors (Lipinski definition) is 0. The Balaban J connectivity index is 1.31. The molecule has 0 bridgehead atoms. The molecule has 3 aromatic carbocycles. The van der Waals surface area contributed by atoms with Gasteiger partial charge in [0, 0.05) is 22.6 Å². The van der Waals surface area contributed by atoms with Gasteiger partial charge in [0.05, 0.1) is 5.56 Å². The summed E-state index contributed by atoms with van der Waals surface area (Å²) in [6, 6.07) is 20.8. The number of rotatable bonds is 6. The van der Waals surface area contributed by atoms with Gasteiger partial charge in [-0.25, -0.2) is 9.18 Å². The first kappa shape index (κ1) is 22.7. The molecule has 0 N–H and O–H groups in total. The maximum atomic E-state index is 13.4. The van der Waals surface area contributed by atoms with Crippen LogP contribution >= 0.6 is 11.8 Å². The molecule has 2 aliphatic rings. The summed E-state index contributed by atoms with van der Waals surface area (Å²) < 4.78 is 19.2. The number of halogens is 1. The SMILES string of the molecule is C=C1CSC(c2ccc(F)cc2)N1c1ccc(C(=O)OCC2(c3ccc(C)cc3)CC2)cc1C. The van der Waals surface area contributed by atoms with E-state index in [4.69, 9.17) is 4.74 Å². The van der Waals surface area contributed by atoms with Gasteiger partial charge in [0.25, 0.3) is 0 Å². The minimum atomic E-state index is -0.294. The molecule has 1 saturated carbocycles. The van der Waals surface area contributed by atoms with Gasteiger partial charge in [0.2, 0.25) is 0 Å². The Morgan fingerprint density at radius 3 is 2.44 bits per heavy atom. The monoisotopic (exact) mass is 473 g/mol. The lowest BCUT2D eigenvalue weighted by Crippen LogP contribution is -2.22. The van der Waals surface area contributed by atoms with Gasteiger partial charge in [0.15, 0.2) is 0 Å². The summed E-state index contributed by atoms with van der Waals surface area (Å²) in [5, 5.41) is 0.0221. The van der Waals surface area contributed by atoms with Crippen LogP contribution in [0.3, 0.4) is 0 Å². The van der Waals surface area contributed by atoms with Gasteiger partial charge < -0.3 is 9.64 Å². The molecule has 3 nitrogen and oxygen atoms in total. The summed E-state index contributed by atoms with van der Waals surface area (Å²) >= 11 is 1.76. The topological polar surface area (TPSA) is 29.5 Å². The number of benzene rings is 3. The molecular formula is C29H28FNO2S. The molecule has 1 heterocycles. The third-order valence-electron chi connectivity index (χ3n) is 6.83. The lowest BCUT2D eigenvalue weighted by Gasteiger charge is -2.28. The Bertz CT molecular complexity index is 1230. The van der Waals surface area contributed by atoms with Crippen LogP contribution in [0.5, 0.6) is 0 Å². The molecule has 0 spiro atoms. The van der Waals surface area contributed by atoms with E-state index in [9.17, 15) is 9.18 Å². The summed E-state index contributed by atoms with van der Waals surface area (Å²) in [5.74, 6) is 0.260. The third-order valence-corrected chi connectivity index (χ3v) is 8.13. The second kappa shape index (κ2) is 8.95. The van der Waals surface area contributed by atoms with E-state index < -0.39 is 0 Å². The minimum Gasteiger partial charge on any atom is -0.461 e. The normalized spacial score (nSPS) is 18.7. The average Bonchev–Trinajstić information content (AvgIpc) is 3.53. The lowest BCUT2D eigenvalue weighted by molar-refractivity contribution is 0.0465. The van der Waals surface area contributed by atoms with E-state index in [1.165, 1.54) is 23.3 Å². The molecule has 1 saturated heterocycles. The van der Waals surface area contributed by atoms with Crippen molar-refractivity contribution >= 4 is 23.4 Å². The number of ether oxygens (including phenoxy) is 1. The van der Waals surface area contributed by atoms with Gasteiger partial charge in [-0.1, -0.05) is 48.5 Å². The second-order valence-electron chi connectivity index (χ2n) is 9.37. The number of carbonyl (C=O) groups excluding carboxylic acids is 1. The van der Waals surface area contributed by atoms with Crippen LogP contribution in [-0.2, 0) is 10.2 Å². The molecule has 0 radical (unpaired) electrons. The molecule has 3 aromatic rings. The molecule has 1 aliphatic carbocycles. The highest BCUT2D eigenvalue weighted by Gasteiger charge is 2.45. The number of hydrogen-bond acceptors (Lipinski definition) is 4. The maximum absolute atomic E-state index is 13.4.